The number of thiophene rings is 1. The number of halogens is 1. The van der Waals surface area contributed by atoms with Gasteiger partial charge in [-0.2, -0.15) is 0 Å². The maximum Gasteiger partial charge on any atom is 0.275 e. The van der Waals surface area contributed by atoms with Gasteiger partial charge in [-0.1, -0.05) is 37.6 Å². The normalized spacial score (nSPS) is 11.9. The van der Waals surface area contributed by atoms with Gasteiger partial charge in [0.05, 0.1) is 24.9 Å². The summed E-state index contributed by atoms with van der Waals surface area (Å²) in [4.78, 5) is 20.9. The molecule has 0 aliphatic rings. The van der Waals surface area contributed by atoms with Crippen LogP contribution in [0.1, 0.15) is 13.8 Å². The van der Waals surface area contributed by atoms with Gasteiger partial charge in [0.1, 0.15) is 11.0 Å². The molecule has 34 heavy (non-hydrogen) atoms. The molecule has 2 aromatic heterocycles. The first kappa shape index (κ1) is 24.3. The molecule has 0 radical (unpaired) electrons. The van der Waals surface area contributed by atoms with Crippen molar-refractivity contribution in [3.05, 3.63) is 70.2 Å². The second-order valence-electron chi connectivity index (χ2n) is 9.28. The van der Waals surface area contributed by atoms with Gasteiger partial charge >= 0.3 is 0 Å². The van der Waals surface area contributed by atoms with E-state index in [4.69, 9.17) is 21.1 Å². The highest BCUT2D eigenvalue weighted by Crippen LogP contribution is 2.33. The molecule has 0 fully saturated rings. The van der Waals surface area contributed by atoms with Crippen LogP contribution in [0.25, 0.3) is 26.3 Å². The minimum absolute atomic E-state index is 0.0277. The third-order valence-corrected chi connectivity index (χ3v) is 6.77. The van der Waals surface area contributed by atoms with Crippen molar-refractivity contribution in [1.29, 1.82) is 0 Å². The van der Waals surface area contributed by atoms with Gasteiger partial charge < -0.3 is 14.4 Å². The Morgan fingerprint density at radius 3 is 2.50 bits per heavy atom. The summed E-state index contributed by atoms with van der Waals surface area (Å²) < 4.78 is 13.8. The Hall–Kier alpha value is -2.87. The van der Waals surface area contributed by atoms with Gasteiger partial charge in [-0.25, -0.2) is 4.98 Å². The van der Waals surface area contributed by atoms with Crippen molar-refractivity contribution in [1.82, 2.24) is 14.5 Å². The molecule has 2 heterocycles. The van der Waals surface area contributed by atoms with Crippen LogP contribution < -0.4 is 15.0 Å². The zero-order valence-corrected chi connectivity index (χ0v) is 21.5. The van der Waals surface area contributed by atoms with Gasteiger partial charge in [0, 0.05) is 27.9 Å². The lowest BCUT2D eigenvalue weighted by Gasteiger charge is -2.28. The number of aromatic nitrogens is 2. The third-order valence-electron chi connectivity index (χ3n) is 5.35. The van der Waals surface area contributed by atoms with Crippen LogP contribution >= 0.6 is 22.9 Å². The molecule has 0 amide bonds. The number of methoxy groups -OCH3 is 1. The van der Waals surface area contributed by atoms with Crippen LogP contribution in [0.3, 0.4) is 0 Å². The van der Waals surface area contributed by atoms with Gasteiger partial charge in [0.15, 0.2) is 11.5 Å². The molecule has 6 nitrogen and oxygen atoms in total. The van der Waals surface area contributed by atoms with E-state index in [2.05, 4.69) is 23.7 Å². The molecule has 8 heteroatoms. The Bertz CT molecular complexity index is 1360. The van der Waals surface area contributed by atoms with E-state index in [1.165, 1.54) is 15.9 Å². The quantitative estimate of drug-likeness (QED) is 0.310. The summed E-state index contributed by atoms with van der Waals surface area (Å²) in [6.45, 7) is 5.76. The predicted molar refractivity (Wildman–Crippen MR) is 140 cm³/mol. The summed E-state index contributed by atoms with van der Waals surface area (Å²) in [5, 5.41) is 0.674. The van der Waals surface area contributed by atoms with Gasteiger partial charge in [-0.3, -0.25) is 9.36 Å². The zero-order valence-electron chi connectivity index (χ0n) is 20.0. The van der Waals surface area contributed by atoms with Crippen molar-refractivity contribution in [2.45, 2.75) is 13.8 Å². The van der Waals surface area contributed by atoms with Crippen molar-refractivity contribution < 1.29 is 9.47 Å². The largest absolute Gasteiger partial charge is 0.493 e. The van der Waals surface area contributed by atoms with E-state index in [0.717, 1.165) is 17.0 Å². The van der Waals surface area contributed by atoms with Gasteiger partial charge in [-0.15, -0.1) is 11.3 Å². The maximum atomic E-state index is 13.3. The Morgan fingerprint density at radius 2 is 1.82 bits per heavy atom. The fourth-order valence-corrected chi connectivity index (χ4v) is 5.13. The first-order valence-electron chi connectivity index (χ1n) is 10.9. The molecule has 178 valence electrons. The Balaban J connectivity index is 1.64. The smallest absolute Gasteiger partial charge is 0.275 e. The van der Waals surface area contributed by atoms with Crippen molar-refractivity contribution in [2.75, 3.05) is 34.4 Å². The molecule has 0 aliphatic carbocycles. The summed E-state index contributed by atoms with van der Waals surface area (Å²) in [6, 6.07) is 15.0. The number of fused-ring (bicyclic) bond motifs is 1. The predicted octanol–water partition coefficient (Wildman–Crippen LogP) is 5.74. The molecule has 0 atom stereocenters. The number of rotatable bonds is 8. The number of hydrogen-bond donors (Lipinski definition) is 0. The highest BCUT2D eigenvalue weighted by atomic mass is 35.5. The average molecular weight is 498 g/mol. The molecule has 0 spiro atoms. The summed E-state index contributed by atoms with van der Waals surface area (Å²) in [7, 11) is 5.69. The lowest BCUT2D eigenvalue weighted by molar-refractivity contribution is 0.138. The van der Waals surface area contributed by atoms with Crippen molar-refractivity contribution in [2.24, 2.45) is 5.41 Å². The minimum Gasteiger partial charge on any atom is -0.493 e. The van der Waals surface area contributed by atoms with Crippen LogP contribution in [0.15, 0.2) is 59.7 Å². The van der Waals surface area contributed by atoms with Crippen LogP contribution in [0.2, 0.25) is 5.02 Å². The fourth-order valence-electron chi connectivity index (χ4n) is 3.95. The fraction of sp³-hybridized carbons (Fsp3) is 0.308. The van der Waals surface area contributed by atoms with Crippen LogP contribution in [0.5, 0.6) is 11.5 Å². The van der Waals surface area contributed by atoms with E-state index in [1.54, 1.807) is 19.5 Å². The van der Waals surface area contributed by atoms with E-state index in [-0.39, 0.29) is 11.0 Å². The lowest BCUT2D eigenvalue weighted by Crippen LogP contribution is -2.33. The molecule has 4 aromatic rings. The third kappa shape index (κ3) is 5.27. The summed E-state index contributed by atoms with van der Waals surface area (Å²) in [5.74, 6) is 1.21. The zero-order chi connectivity index (χ0) is 24.5. The van der Waals surface area contributed by atoms with Crippen LogP contribution in [0.4, 0.5) is 0 Å². The van der Waals surface area contributed by atoms with Crippen LogP contribution in [-0.4, -0.2) is 48.8 Å². The number of nitrogens with zero attached hydrogens (tertiary/aromatic N) is 3. The molecular formula is C26H28ClN3O3S. The molecule has 2 aromatic carbocycles. The minimum atomic E-state index is -0.127. The van der Waals surface area contributed by atoms with Gasteiger partial charge in [0.25, 0.3) is 5.56 Å². The first-order chi connectivity index (χ1) is 16.2. The molecule has 0 N–H and O–H groups in total. The van der Waals surface area contributed by atoms with Crippen LogP contribution in [0, 0.1) is 5.41 Å². The van der Waals surface area contributed by atoms with Gasteiger partial charge in [-0.05, 0) is 50.0 Å². The van der Waals surface area contributed by atoms with Crippen molar-refractivity contribution in [3.63, 3.8) is 0 Å². The van der Waals surface area contributed by atoms with Crippen LogP contribution in [-0.2, 0) is 0 Å². The number of ether oxygens (including phenoxy) is 2. The molecule has 4 rings (SSSR count). The standard InChI is InChI=1S/C26H28ClN3O3S/c1-26(2,14-29(3)4)15-33-21-11-10-19(12-22(21)32-5)30-16-28-20-13-23(34-24(20)25(30)31)17-6-8-18(27)9-7-17/h6-13,16H,14-15H2,1-5H3. The monoisotopic (exact) mass is 497 g/mol. The second kappa shape index (κ2) is 9.78. The van der Waals surface area contributed by atoms with E-state index in [9.17, 15) is 4.79 Å². The van der Waals surface area contributed by atoms with E-state index in [1.807, 2.05) is 56.6 Å². The summed E-state index contributed by atoms with van der Waals surface area (Å²) >= 11 is 7.43. The maximum absolute atomic E-state index is 13.3. The summed E-state index contributed by atoms with van der Waals surface area (Å²) in [5.41, 5.74) is 2.18. The second-order valence-corrected chi connectivity index (χ2v) is 10.8. The van der Waals surface area contributed by atoms with Crippen molar-refractivity contribution in [3.8, 4) is 27.6 Å². The number of benzene rings is 2. The molecule has 0 saturated carbocycles. The average Bonchev–Trinajstić information content (AvgIpc) is 3.23. The van der Waals surface area contributed by atoms with E-state index in [0.29, 0.717) is 39.0 Å². The van der Waals surface area contributed by atoms with Gasteiger partial charge in [0.2, 0.25) is 0 Å². The Kier molecular flexibility index (Phi) is 6.98. The summed E-state index contributed by atoms with van der Waals surface area (Å²) in [6.07, 6.45) is 1.55. The SMILES string of the molecule is COc1cc(-n2cnc3cc(-c4ccc(Cl)cc4)sc3c2=O)ccc1OCC(C)(C)CN(C)C. The van der Waals surface area contributed by atoms with E-state index < -0.39 is 0 Å². The Morgan fingerprint density at radius 1 is 1.09 bits per heavy atom. The molecule has 0 aliphatic heterocycles. The first-order valence-corrected chi connectivity index (χ1v) is 12.1. The van der Waals surface area contributed by atoms with Crippen molar-refractivity contribution >= 4 is 33.2 Å². The molecule has 0 unspecified atom stereocenters. The lowest BCUT2D eigenvalue weighted by atomic mass is 9.94. The molecule has 0 bridgehead atoms. The Labute approximate surface area is 208 Å². The highest BCUT2D eigenvalue weighted by molar-refractivity contribution is 7.22. The number of hydrogen-bond acceptors (Lipinski definition) is 6. The van der Waals surface area contributed by atoms with E-state index >= 15 is 0 Å². The molecule has 0 saturated heterocycles. The molecular weight excluding hydrogens is 470 g/mol. The highest BCUT2D eigenvalue weighted by Gasteiger charge is 2.21. The topological polar surface area (TPSA) is 56.6 Å².